The number of amides is 2. The Morgan fingerprint density at radius 2 is 1.78 bits per heavy atom. The van der Waals surface area contributed by atoms with Crippen LogP contribution in [0.15, 0.2) is 42.5 Å². The Morgan fingerprint density at radius 1 is 1.09 bits per heavy atom. The summed E-state index contributed by atoms with van der Waals surface area (Å²) in [5, 5.41) is 5.43. The SMILES string of the molecule is CCOc1ccc(CCNC(=O)C2CSC(Cc3ccc(F)cc3)C(=O)N2)cc1OCC. The lowest BCUT2D eigenvalue weighted by atomic mass is 10.1. The number of benzene rings is 2. The number of ether oxygens (including phenoxy) is 2. The molecule has 1 heterocycles. The molecule has 0 spiro atoms. The molecule has 1 saturated heterocycles. The van der Waals surface area contributed by atoms with E-state index < -0.39 is 6.04 Å². The first-order valence-corrected chi connectivity index (χ1v) is 11.9. The Kier molecular flexibility index (Phi) is 8.79. The summed E-state index contributed by atoms with van der Waals surface area (Å²) in [5.74, 6) is 1.24. The van der Waals surface area contributed by atoms with Crippen molar-refractivity contribution < 1.29 is 23.5 Å². The molecule has 172 valence electrons. The number of carbonyl (C=O) groups is 2. The quantitative estimate of drug-likeness (QED) is 0.570. The van der Waals surface area contributed by atoms with E-state index in [1.54, 1.807) is 12.1 Å². The Balaban J connectivity index is 1.46. The minimum atomic E-state index is -0.559. The zero-order valence-electron chi connectivity index (χ0n) is 18.4. The maximum atomic E-state index is 13.1. The van der Waals surface area contributed by atoms with Crippen molar-refractivity contribution in [2.45, 2.75) is 38.0 Å². The Morgan fingerprint density at radius 3 is 2.47 bits per heavy atom. The molecule has 2 N–H and O–H groups in total. The molecule has 2 atom stereocenters. The van der Waals surface area contributed by atoms with E-state index in [9.17, 15) is 14.0 Å². The molecule has 0 aliphatic carbocycles. The van der Waals surface area contributed by atoms with E-state index in [2.05, 4.69) is 10.6 Å². The van der Waals surface area contributed by atoms with Crippen LogP contribution in [-0.4, -0.2) is 48.6 Å². The third-order valence-corrected chi connectivity index (χ3v) is 6.35. The molecule has 32 heavy (non-hydrogen) atoms. The summed E-state index contributed by atoms with van der Waals surface area (Å²) >= 11 is 1.45. The van der Waals surface area contributed by atoms with Crippen molar-refractivity contribution >= 4 is 23.6 Å². The summed E-state index contributed by atoms with van der Waals surface area (Å²) in [6.45, 7) is 5.40. The minimum absolute atomic E-state index is 0.168. The normalized spacial score (nSPS) is 18.0. The summed E-state index contributed by atoms with van der Waals surface area (Å²) in [6.07, 6.45) is 1.14. The van der Waals surface area contributed by atoms with Crippen LogP contribution in [0.2, 0.25) is 0 Å². The van der Waals surface area contributed by atoms with E-state index in [1.165, 1.54) is 23.9 Å². The van der Waals surface area contributed by atoms with Crippen LogP contribution >= 0.6 is 11.8 Å². The maximum Gasteiger partial charge on any atom is 0.243 e. The topological polar surface area (TPSA) is 76.7 Å². The average Bonchev–Trinajstić information content (AvgIpc) is 2.78. The summed E-state index contributed by atoms with van der Waals surface area (Å²) in [4.78, 5) is 25.0. The van der Waals surface area contributed by atoms with Crippen molar-refractivity contribution in [1.82, 2.24) is 10.6 Å². The van der Waals surface area contributed by atoms with Gasteiger partial charge in [0.05, 0.1) is 18.5 Å². The summed E-state index contributed by atoms with van der Waals surface area (Å²) < 4.78 is 24.3. The van der Waals surface area contributed by atoms with E-state index in [0.717, 1.165) is 11.1 Å². The zero-order valence-corrected chi connectivity index (χ0v) is 19.2. The summed E-state index contributed by atoms with van der Waals surface area (Å²) in [7, 11) is 0. The van der Waals surface area contributed by atoms with Crippen LogP contribution in [0.25, 0.3) is 0 Å². The van der Waals surface area contributed by atoms with Crippen LogP contribution < -0.4 is 20.1 Å². The van der Waals surface area contributed by atoms with Crippen molar-refractivity contribution in [3.05, 3.63) is 59.4 Å². The number of nitrogens with one attached hydrogen (secondary N) is 2. The van der Waals surface area contributed by atoms with E-state index >= 15 is 0 Å². The van der Waals surface area contributed by atoms with Gasteiger partial charge in [-0.05, 0) is 62.1 Å². The molecule has 2 aromatic rings. The number of carbonyl (C=O) groups excluding carboxylic acids is 2. The van der Waals surface area contributed by atoms with Gasteiger partial charge in [-0.15, -0.1) is 11.8 Å². The largest absolute Gasteiger partial charge is 0.490 e. The lowest BCUT2D eigenvalue weighted by Gasteiger charge is -2.28. The molecule has 0 radical (unpaired) electrons. The van der Waals surface area contributed by atoms with Crippen molar-refractivity contribution in [3.8, 4) is 11.5 Å². The van der Waals surface area contributed by atoms with Crippen LogP contribution in [0.3, 0.4) is 0 Å². The molecule has 6 nitrogen and oxygen atoms in total. The Bertz CT molecular complexity index is 923. The maximum absolute atomic E-state index is 13.1. The highest BCUT2D eigenvalue weighted by Crippen LogP contribution is 2.28. The number of rotatable bonds is 10. The predicted molar refractivity (Wildman–Crippen MR) is 124 cm³/mol. The second kappa shape index (κ2) is 11.8. The van der Waals surface area contributed by atoms with E-state index in [1.807, 2.05) is 32.0 Å². The zero-order chi connectivity index (χ0) is 22.9. The van der Waals surface area contributed by atoms with Crippen LogP contribution in [0.1, 0.15) is 25.0 Å². The van der Waals surface area contributed by atoms with Gasteiger partial charge in [0.2, 0.25) is 11.8 Å². The molecule has 1 fully saturated rings. The summed E-state index contributed by atoms with van der Waals surface area (Å²) in [5.41, 5.74) is 1.92. The molecule has 1 aliphatic rings. The van der Waals surface area contributed by atoms with Crippen LogP contribution in [-0.2, 0) is 22.4 Å². The first-order chi connectivity index (χ1) is 15.5. The smallest absolute Gasteiger partial charge is 0.243 e. The highest BCUT2D eigenvalue weighted by atomic mass is 32.2. The highest BCUT2D eigenvalue weighted by molar-refractivity contribution is 8.00. The Hall–Kier alpha value is -2.74. The summed E-state index contributed by atoms with van der Waals surface area (Å²) in [6, 6.07) is 11.3. The van der Waals surface area contributed by atoms with Crippen LogP contribution in [0, 0.1) is 5.82 Å². The van der Waals surface area contributed by atoms with Gasteiger partial charge in [-0.1, -0.05) is 18.2 Å². The van der Waals surface area contributed by atoms with Gasteiger partial charge in [0.25, 0.3) is 0 Å². The van der Waals surface area contributed by atoms with Gasteiger partial charge in [0.15, 0.2) is 11.5 Å². The van der Waals surface area contributed by atoms with E-state index in [-0.39, 0.29) is 22.9 Å². The third kappa shape index (κ3) is 6.63. The van der Waals surface area contributed by atoms with Crippen molar-refractivity contribution in [2.75, 3.05) is 25.5 Å². The van der Waals surface area contributed by atoms with Gasteiger partial charge in [-0.25, -0.2) is 4.39 Å². The van der Waals surface area contributed by atoms with Crippen LogP contribution in [0.4, 0.5) is 4.39 Å². The molecule has 2 amide bonds. The fourth-order valence-electron chi connectivity index (χ4n) is 3.43. The van der Waals surface area contributed by atoms with Gasteiger partial charge in [0.1, 0.15) is 11.9 Å². The van der Waals surface area contributed by atoms with Crippen molar-refractivity contribution in [3.63, 3.8) is 0 Å². The molecule has 0 aromatic heterocycles. The first kappa shape index (κ1) is 23.9. The van der Waals surface area contributed by atoms with Gasteiger partial charge in [-0.3, -0.25) is 9.59 Å². The monoisotopic (exact) mass is 460 g/mol. The lowest BCUT2D eigenvalue weighted by Crippen LogP contribution is -2.54. The van der Waals surface area contributed by atoms with E-state index in [4.69, 9.17) is 9.47 Å². The molecular formula is C24H29FN2O4S. The molecule has 8 heteroatoms. The van der Waals surface area contributed by atoms with Gasteiger partial charge >= 0.3 is 0 Å². The fourth-order valence-corrected chi connectivity index (χ4v) is 4.62. The van der Waals surface area contributed by atoms with Crippen molar-refractivity contribution in [2.24, 2.45) is 0 Å². The molecule has 0 saturated carbocycles. The molecule has 2 aromatic carbocycles. The standard InChI is InChI=1S/C24H29FN2O4S/c1-3-30-20-10-7-17(13-21(20)31-4-2)11-12-26-23(28)19-15-32-22(24(29)27-19)14-16-5-8-18(25)9-6-16/h5-10,13,19,22H,3-4,11-12,14-15H2,1-2H3,(H,26,28)(H,27,29). The first-order valence-electron chi connectivity index (χ1n) is 10.8. The third-order valence-electron chi connectivity index (χ3n) is 5.04. The number of hydrogen-bond donors (Lipinski definition) is 2. The Labute approximate surface area is 192 Å². The molecule has 1 aliphatic heterocycles. The molecule has 3 rings (SSSR count). The second-order valence-corrected chi connectivity index (χ2v) is 8.64. The number of thioether (sulfide) groups is 1. The van der Waals surface area contributed by atoms with Gasteiger partial charge in [-0.2, -0.15) is 0 Å². The number of halogens is 1. The minimum Gasteiger partial charge on any atom is -0.490 e. The van der Waals surface area contributed by atoms with Gasteiger partial charge in [0, 0.05) is 12.3 Å². The number of hydrogen-bond acceptors (Lipinski definition) is 5. The molecule has 0 bridgehead atoms. The van der Waals surface area contributed by atoms with Crippen molar-refractivity contribution in [1.29, 1.82) is 0 Å². The van der Waals surface area contributed by atoms with Gasteiger partial charge < -0.3 is 20.1 Å². The highest BCUT2D eigenvalue weighted by Gasteiger charge is 2.32. The van der Waals surface area contributed by atoms with Crippen LogP contribution in [0.5, 0.6) is 11.5 Å². The molecular weight excluding hydrogens is 431 g/mol. The molecule has 2 unspecified atom stereocenters. The van der Waals surface area contributed by atoms with E-state index in [0.29, 0.717) is 49.9 Å². The lowest BCUT2D eigenvalue weighted by molar-refractivity contribution is -0.128. The average molecular weight is 461 g/mol. The second-order valence-electron chi connectivity index (χ2n) is 7.40. The predicted octanol–water partition coefficient (Wildman–Crippen LogP) is 3.12. The fraction of sp³-hybridized carbons (Fsp3) is 0.417.